The highest BCUT2D eigenvalue weighted by molar-refractivity contribution is 4.87. The molecular weight excluding hydrogens is 162 g/mol. The first-order valence-electron chi connectivity index (χ1n) is 5.71. The van der Waals surface area contributed by atoms with Crippen molar-refractivity contribution in [3.05, 3.63) is 0 Å². The molecule has 0 aromatic carbocycles. The number of aliphatic hydroxyl groups excluding tert-OH is 1. The molecule has 0 amide bonds. The summed E-state index contributed by atoms with van der Waals surface area (Å²) in [5.74, 6) is 0.965. The molecule has 1 heterocycles. The van der Waals surface area contributed by atoms with Crippen molar-refractivity contribution in [1.29, 1.82) is 0 Å². The molecule has 1 saturated carbocycles. The van der Waals surface area contributed by atoms with E-state index in [1.54, 1.807) is 0 Å². The smallest absolute Gasteiger partial charge is 0.0541 e. The second kappa shape index (κ2) is 3.97. The van der Waals surface area contributed by atoms with E-state index < -0.39 is 0 Å². The van der Waals surface area contributed by atoms with Gasteiger partial charge < -0.3 is 5.11 Å². The van der Waals surface area contributed by atoms with Crippen LogP contribution in [0.25, 0.3) is 0 Å². The first-order chi connectivity index (χ1) is 6.29. The molecule has 1 aliphatic carbocycles. The van der Waals surface area contributed by atoms with Gasteiger partial charge in [0.15, 0.2) is 0 Å². The molecule has 0 unspecified atom stereocenters. The van der Waals surface area contributed by atoms with Crippen molar-refractivity contribution in [3.63, 3.8) is 0 Å². The van der Waals surface area contributed by atoms with E-state index >= 15 is 0 Å². The molecule has 2 aliphatic rings. The van der Waals surface area contributed by atoms with Crippen molar-refractivity contribution in [3.8, 4) is 0 Å². The first kappa shape index (κ1) is 9.47. The monoisotopic (exact) mass is 183 g/mol. The second-order valence-electron chi connectivity index (χ2n) is 4.69. The quantitative estimate of drug-likeness (QED) is 0.703. The Kier molecular flexibility index (Phi) is 2.89. The maximum Gasteiger partial charge on any atom is 0.0541 e. The lowest BCUT2D eigenvalue weighted by Crippen LogP contribution is -2.53. The summed E-state index contributed by atoms with van der Waals surface area (Å²) >= 11 is 0. The molecule has 2 heteroatoms. The summed E-state index contributed by atoms with van der Waals surface area (Å²) in [6.45, 7) is 4.92. The molecule has 0 atom stereocenters. The van der Waals surface area contributed by atoms with Crippen LogP contribution in [0.4, 0.5) is 0 Å². The molecule has 0 aromatic rings. The average molecular weight is 183 g/mol. The zero-order chi connectivity index (χ0) is 9.26. The fourth-order valence-corrected chi connectivity index (χ4v) is 2.59. The zero-order valence-electron chi connectivity index (χ0n) is 8.58. The van der Waals surface area contributed by atoms with Gasteiger partial charge in [0, 0.05) is 19.1 Å². The van der Waals surface area contributed by atoms with Crippen LogP contribution in [0.1, 0.15) is 39.0 Å². The van der Waals surface area contributed by atoms with Crippen molar-refractivity contribution in [2.24, 2.45) is 5.92 Å². The Morgan fingerprint density at radius 1 is 1.15 bits per heavy atom. The average Bonchev–Trinajstić information content (AvgIpc) is 2.06. The lowest BCUT2D eigenvalue weighted by molar-refractivity contribution is 0.00908. The highest BCUT2D eigenvalue weighted by Gasteiger charge is 2.32. The lowest BCUT2D eigenvalue weighted by atomic mass is 9.87. The zero-order valence-corrected chi connectivity index (χ0v) is 8.58. The summed E-state index contributed by atoms with van der Waals surface area (Å²) in [4.78, 5) is 2.61. The van der Waals surface area contributed by atoms with Crippen LogP contribution in [0, 0.1) is 5.92 Å². The summed E-state index contributed by atoms with van der Waals surface area (Å²) < 4.78 is 0. The number of likely N-dealkylation sites (tertiary alicyclic amines) is 1. The molecule has 2 nitrogen and oxygen atoms in total. The van der Waals surface area contributed by atoms with Gasteiger partial charge in [0.05, 0.1) is 6.10 Å². The van der Waals surface area contributed by atoms with Gasteiger partial charge in [-0.15, -0.1) is 0 Å². The first-order valence-corrected chi connectivity index (χ1v) is 5.71. The van der Waals surface area contributed by atoms with E-state index in [1.807, 2.05) is 0 Å². The molecule has 0 aromatic heterocycles. The summed E-state index contributed by atoms with van der Waals surface area (Å²) in [7, 11) is 0. The maximum atomic E-state index is 9.38. The SMILES string of the molecule is CCC1CN(C2CCC(O)CC2)C1. The van der Waals surface area contributed by atoms with E-state index in [0.717, 1.165) is 24.8 Å². The molecule has 2 rings (SSSR count). The highest BCUT2D eigenvalue weighted by atomic mass is 16.3. The molecule has 76 valence electrons. The topological polar surface area (TPSA) is 23.5 Å². The Morgan fingerprint density at radius 3 is 2.31 bits per heavy atom. The molecule has 2 fully saturated rings. The minimum absolute atomic E-state index is 0.000464. The normalized spacial score (nSPS) is 37.4. The number of hydrogen-bond donors (Lipinski definition) is 1. The van der Waals surface area contributed by atoms with Gasteiger partial charge in [-0.3, -0.25) is 4.90 Å². The van der Waals surface area contributed by atoms with Gasteiger partial charge in [-0.05, 0) is 31.6 Å². The predicted molar refractivity (Wildman–Crippen MR) is 53.6 cm³/mol. The second-order valence-corrected chi connectivity index (χ2v) is 4.69. The van der Waals surface area contributed by atoms with E-state index in [2.05, 4.69) is 11.8 Å². The summed E-state index contributed by atoms with van der Waals surface area (Å²) in [6.07, 6.45) is 5.83. The Bertz CT molecular complexity index is 157. The van der Waals surface area contributed by atoms with Gasteiger partial charge in [0.1, 0.15) is 0 Å². The van der Waals surface area contributed by atoms with Gasteiger partial charge in [-0.1, -0.05) is 13.3 Å². The van der Waals surface area contributed by atoms with Crippen LogP contribution in [-0.2, 0) is 0 Å². The third-order valence-corrected chi connectivity index (χ3v) is 3.75. The van der Waals surface area contributed by atoms with Gasteiger partial charge in [-0.2, -0.15) is 0 Å². The van der Waals surface area contributed by atoms with Crippen LogP contribution in [0.2, 0.25) is 0 Å². The predicted octanol–water partition coefficient (Wildman–Crippen LogP) is 1.63. The summed E-state index contributed by atoms with van der Waals surface area (Å²) in [5, 5.41) is 9.38. The molecule has 0 radical (unpaired) electrons. The van der Waals surface area contributed by atoms with Gasteiger partial charge in [0.2, 0.25) is 0 Å². The number of aliphatic hydroxyl groups is 1. The van der Waals surface area contributed by atoms with Crippen LogP contribution in [0.3, 0.4) is 0 Å². The van der Waals surface area contributed by atoms with Gasteiger partial charge in [-0.25, -0.2) is 0 Å². The van der Waals surface area contributed by atoms with E-state index in [4.69, 9.17) is 0 Å². The molecule has 0 spiro atoms. The van der Waals surface area contributed by atoms with Crippen LogP contribution in [-0.4, -0.2) is 35.2 Å². The van der Waals surface area contributed by atoms with E-state index in [1.165, 1.54) is 32.4 Å². The third-order valence-electron chi connectivity index (χ3n) is 3.75. The Balaban J connectivity index is 1.71. The van der Waals surface area contributed by atoms with E-state index in [0.29, 0.717) is 0 Å². The standard InChI is InChI=1S/C11H21NO/c1-2-9-7-12(8-9)10-3-5-11(13)6-4-10/h9-11,13H,2-8H2,1H3. The molecule has 13 heavy (non-hydrogen) atoms. The minimum Gasteiger partial charge on any atom is -0.393 e. The van der Waals surface area contributed by atoms with Crippen LogP contribution < -0.4 is 0 Å². The van der Waals surface area contributed by atoms with Crippen molar-refractivity contribution in [2.75, 3.05) is 13.1 Å². The van der Waals surface area contributed by atoms with E-state index in [-0.39, 0.29) is 6.10 Å². The van der Waals surface area contributed by atoms with Crippen molar-refractivity contribution >= 4 is 0 Å². The van der Waals surface area contributed by atoms with Gasteiger partial charge >= 0.3 is 0 Å². The lowest BCUT2D eigenvalue weighted by Gasteiger charge is -2.46. The largest absolute Gasteiger partial charge is 0.393 e. The highest BCUT2D eigenvalue weighted by Crippen LogP contribution is 2.29. The molecule has 1 N–H and O–H groups in total. The Hall–Kier alpha value is -0.0800. The van der Waals surface area contributed by atoms with Crippen LogP contribution in [0.5, 0.6) is 0 Å². The number of rotatable bonds is 2. The fraction of sp³-hybridized carbons (Fsp3) is 1.00. The number of nitrogens with zero attached hydrogens (tertiary/aromatic N) is 1. The number of hydrogen-bond acceptors (Lipinski definition) is 2. The molecule has 0 bridgehead atoms. The summed E-state index contributed by atoms with van der Waals surface area (Å²) in [6, 6.07) is 0.797. The molecule has 1 aliphatic heterocycles. The van der Waals surface area contributed by atoms with Crippen molar-refractivity contribution in [1.82, 2.24) is 4.90 Å². The third kappa shape index (κ3) is 2.05. The Labute approximate surface area is 80.9 Å². The summed E-state index contributed by atoms with van der Waals surface area (Å²) in [5.41, 5.74) is 0. The van der Waals surface area contributed by atoms with Gasteiger partial charge in [0.25, 0.3) is 0 Å². The molecular formula is C11H21NO. The minimum atomic E-state index is -0.000464. The Morgan fingerprint density at radius 2 is 1.77 bits per heavy atom. The van der Waals surface area contributed by atoms with Crippen LogP contribution in [0.15, 0.2) is 0 Å². The van der Waals surface area contributed by atoms with E-state index in [9.17, 15) is 5.11 Å². The van der Waals surface area contributed by atoms with Crippen LogP contribution >= 0.6 is 0 Å². The molecule has 1 saturated heterocycles. The van der Waals surface area contributed by atoms with Crippen molar-refractivity contribution < 1.29 is 5.11 Å². The maximum absolute atomic E-state index is 9.38. The fourth-order valence-electron chi connectivity index (χ4n) is 2.59. The van der Waals surface area contributed by atoms with Crippen molar-refractivity contribution in [2.45, 2.75) is 51.2 Å².